The van der Waals surface area contributed by atoms with Crippen LogP contribution in [0.3, 0.4) is 0 Å². The van der Waals surface area contributed by atoms with Gasteiger partial charge in [0.05, 0.1) is 16.2 Å². The second-order valence-electron chi connectivity index (χ2n) is 6.33. The Bertz CT molecular complexity index is 955. The molecule has 1 amide bonds. The molecule has 5 nitrogen and oxygen atoms in total. The van der Waals surface area contributed by atoms with Crippen LogP contribution in [0.1, 0.15) is 36.8 Å². The topological polar surface area (TPSA) is 101 Å². The predicted octanol–water partition coefficient (Wildman–Crippen LogP) is 3.36. The zero-order valence-electron chi connectivity index (χ0n) is 14.6. The molecule has 2 aromatic rings. The van der Waals surface area contributed by atoms with Crippen molar-refractivity contribution >= 4 is 21.5 Å². The van der Waals surface area contributed by atoms with Gasteiger partial charge in [0.2, 0.25) is 15.7 Å². The smallest absolute Gasteiger partial charge is 0.223 e. The van der Waals surface area contributed by atoms with Gasteiger partial charge in [-0.2, -0.15) is 0 Å². The molecule has 0 aromatic heterocycles. The fourth-order valence-corrected chi connectivity index (χ4v) is 4.28. The fourth-order valence-electron chi connectivity index (χ4n) is 2.90. The van der Waals surface area contributed by atoms with Crippen molar-refractivity contribution < 1.29 is 17.6 Å². The third kappa shape index (κ3) is 4.54. The van der Waals surface area contributed by atoms with E-state index >= 15 is 0 Å². The van der Waals surface area contributed by atoms with Crippen molar-refractivity contribution in [2.45, 2.75) is 42.4 Å². The minimum atomic E-state index is -3.81. The van der Waals surface area contributed by atoms with Crippen LogP contribution < -0.4 is 5.73 Å². The molecule has 0 aliphatic heterocycles. The quantitative estimate of drug-likeness (QED) is 0.725. The molecule has 1 unspecified atom stereocenters. The molecule has 0 fully saturated rings. The molecule has 3 N–H and O–H groups in total. The second kappa shape index (κ2) is 7.78. The normalized spacial score (nSPS) is 12.6. The molecule has 138 valence electrons. The lowest BCUT2D eigenvalue weighted by Gasteiger charge is -2.16. The third-order valence-electron chi connectivity index (χ3n) is 4.13. The molecule has 0 aliphatic carbocycles. The van der Waals surface area contributed by atoms with Crippen LogP contribution in [0.25, 0.3) is 0 Å². The first-order valence-corrected chi connectivity index (χ1v) is 9.55. The Morgan fingerprint density at radius 3 is 2.42 bits per heavy atom. The Hall–Kier alpha value is -2.54. The van der Waals surface area contributed by atoms with Crippen molar-refractivity contribution in [3.8, 4) is 0 Å². The summed E-state index contributed by atoms with van der Waals surface area (Å²) in [6, 6.07) is 9.62. The largest absolute Gasteiger partial charge is 0.369 e. The van der Waals surface area contributed by atoms with Gasteiger partial charge in [-0.3, -0.25) is 4.79 Å². The van der Waals surface area contributed by atoms with Gasteiger partial charge in [-0.05, 0) is 60.7 Å². The van der Waals surface area contributed by atoms with E-state index < -0.39 is 21.6 Å². The van der Waals surface area contributed by atoms with Gasteiger partial charge in [0, 0.05) is 5.71 Å². The molecule has 2 aromatic carbocycles. The number of hydrogen-bond donors (Lipinski definition) is 2. The first kappa shape index (κ1) is 19.8. The molecule has 0 radical (unpaired) electrons. The number of amides is 1. The Labute approximate surface area is 152 Å². The van der Waals surface area contributed by atoms with Gasteiger partial charge in [-0.1, -0.05) is 19.1 Å². The molecule has 0 saturated heterocycles. The van der Waals surface area contributed by atoms with Crippen molar-refractivity contribution in [3.63, 3.8) is 0 Å². The second-order valence-corrected chi connectivity index (χ2v) is 8.28. The number of carbonyl (C=O) groups excluding carboxylic acids is 1. The van der Waals surface area contributed by atoms with E-state index in [4.69, 9.17) is 11.1 Å². The number of nitrogens with two attached hydrogens (primary N) is 1. The lowest BCUT2D eigenvalue weighted by atomic mass is 9.91. The van der Waals surface area contributed by atoms with Crippen LogP contribution in [0.4, 0.5) is 4.39 Å². The van der Waals surface area contributed by atoms with Crippen molar-refractivity contribution in [2.75, 3.05) is 0 Å². The van der Waals surface area contributed by atoms with E-state index in [-0.39, 0.29) is 27.8 Å². The molecule has 0 heterocycles. The first-order valence-electron chi connectivity index (χ1n) is 8.07. The van der Waals surface area contributed by atoms with Crippen LogP contribution in [-0.2, 0) is 14.6 Å². The molecule has 0 spiro atoms. The van der Waals surface area contributed by atoms with Crippen LogP contribution in [0.5, 0.6) is 0 Å². The average molecular weight is 376 g/mol. The van der Waals surface area contributed by atoms with Crippen LogP contribution in [0, 0.1) is 18.2 Å². The van der Waals surface area contributed by atoms with Gasteiger partial charge in [0.1, 0.15) is 5.82 Å². The summed E-state index contributed by atoms with van der Waals surface area (Å²) in [5, 5.41) is 7.81. The Morgan fingerprint density at radius 2 is 1.85 bits per heavy atom. The van der Waals surface area contributed by atoms with E-state index in [0.717, 1.165) is 17.2 Å². The van der Waals surface area contributed by atoms with E-state index in [1.165, 1.54) is 24.3 Å². The summed E-state index contributed by atoms with van der Waals surface area (Å²) < 4.78 is 38.7. The number of nitrogens with one attached hydrogen (secondary N) is 1. The molecule has 0 aliphatic rings. The van der Waals surface area contributed by atoms with Gasteiger partial charge in [0.15, 0.2) is 0 Å². The highest BCUT2D eigenvalue weighted by Crippen LogP contribution is 2.28. The maximum atomic E-state index is 13.4. The highest BCUT2D eigenvalue weighted by molar-refractivity contribution is 7.91. The van der Waals surface area contributed by atoms with E-state index in [9.17, 15) is 17.6 Å². The van der Waals surface area contributed by atoms with E-state index in [0.29, 0.717) is 6.42 Å². The molecule has 0 saturated carbocycles. The maximum Gasteiger partial charge on any atom is 0.223 e. The van der Waals surface area contributed by atoms with E-state index in [2.05, 4.69) is 0 Å². The molecule has 0 bridgehead atoms. The minimum absolute atomic E-state index is 0.0622. The SMILES string of the molecule is Cc1cc(S(=O)(=O)c2cccc(F)c2)ccc1C(C)CC(=N)CC(N)=O. The summed E-state index contributed by atoms with van der Waals surface area (Å²) in [4.78, 5) is 10.9. The van der Waals surface area contributed by atoms with Crippen molar-refractivity contribution in [3.05, 3.63) is 59.4 Å². The number of halogens is 1. The molecule has 2 rings (SSSR count). The summed E-state index contributed by atoms with van der Waals surface area (Å²) in [6.45, 7) is 3.69. The number of benzene rings is 2. The van der Waals surface area contributed by atoms with Crippen LogP contribution in [0.15, 0.2) is 52.3 Å². The van der Waals surface area contributed by atoms with Crippen molar-refractivity contribution in [1.29, 1.82) is 5.41 Å². The zero-order valence-corrected chi connectivity index (χ0v) is 15.4. The van der Waals surface area contributed by atoms with Gasteiger partial charge in [0.25, 0.3) is 0 Å². The Balaban J connectivity index is 2.29. The Kier molecular flexibility index (Phi) is 5.92. The molecule has 7 heteroatoms. The number of sulfone groups is 1. The van der Waals surface area contributed by atoms with Gasteiger partial charge in [-0.25, -0.2) is 12.8 Å². The van der Waals surface area contributed by atoms with Crippen molar-refractivity contribution in [2.24, 2.45) is 5.73 Å². The summed E-state index contributed by atoms with van der Waals surface area (Å²) in [7, 11) is -3.81. The molecular weight excluding hydrogens is 355 g/mol. The molecular formula is C19H21FN2O3S. The standard InChI is InChI=1S/C19H21FN2O3S/c1-12(8-15(21)11-19(22)23)18-7-6-17(9-13(18)2)26(24,25)16-5-3-4-14(20)10-16/h3-7,9-10,12,21H,8,11H2,1-2H3,(H2,22,23). The number of rotatable bonds is 7. The fraction of sp³-hybridized carbons (Fsp3) is 0.263. The zero-order chi connectivity index (χ0) is 19.5. The highest BCUT2D eigenvalue weighted by Gasteiger charge is 2.20. The lowest BCUT2D eigenvalue weighted by molar-refractivity contribution is -0.116. The summed E-state index contributed by atoms with van der Waals surface area (Å²) in [5.74, 6) is -1.22. The summed E-state index contributed by atoms with van der Waals surface area (Å²) in [5.41, 5.74) is 6.97. The number of primary amides is 1. The number of aryl methyl sites for hydroxylation is 1. The monoisotopic (exact) mass is 376 g/mol. The maximum absolute atomic E-state index is 13.4. The van der Waals surface area contributed by atoms with Crippen LogP contribution in [-0.4, -0.2) is 20.0 Å². The average Bonchev–Trinajstić information content (AvgIpc) is 2.53. The third-order valence-corrected chi connectivity index (χ3v) is 5.88. The number of hydrogen-bond acceptors (Lipinski definition) is 4. The van der Waals surface area contributed by atoms with Crippen molar-refractivity contribution in [1.82, 2.24) is 0 Å². The van der Waals surface area contributed by atoms with Gasteiger partial charge >= 0.3 is 0 Å². The van der Waals surface area contributed by atoms with Gasteiger partial charge in [-0.15, -0.1) is 0 Å². The van der Waals surface area contributed by atoms with Crippen LogP contribution >= 0.6 is 0 Å². The first-order chi connectivity index (χ1) is 12.1. The number of carbonyl (C=O) groups is 1. The lowest BCUT2D eigenvalue weighted by Crippen LogP contribution is -2.17. The van der Waals surface area contributed by atoms with Gasteiger partial charge < -0.3 is 11.1 Å². The minimum Gasteiger partial charge on any atom is -0.369 e. The molecule has 26 heavy (non-hydrogen) atoms. The Morgan fingerprint density at radius 1 is 1.19 bits per heavy atom. The van der Waals surface area contributed by atoms with E-state index in [1.807, 2.05) is 6.92 Å². The van der Waals surface area contributed by atoms with Crippen LogP contribution in [0.2, 0.25) is 0 Å². The predicted molar refractivity (Wildman–Crippen MR) is 97.6 cm³/mol. The van der Waals surface area contributed by atoms with E-state index in [1.54, 1.807) is 19.1 Å². The highest BCUT2D eigenvalue weighted by atomic mass is 32.2. The summed E-state index contributed by atoms with van der Waals surface area (Å²) in [6.07, 6.45) is 0.273. The molecule has 1 atom stereocenters. The summed E-state index contributed by atoms with van der Waals surface area (Å²) >= 11 is 0.